The number of carbonyl (C=O) groups excluding carboxylic acids is 5. The first-order valence-corrected chi connectivity index (χ1v) is 9.71. The lowest BCUT2D eigenvalue weighted by Crippen LogP contribution is -3.05. The summed E-state index contributed by atoms with van der Waals surface area (Å²) in [4.78, 5) is 64.9. The number of benzene rings is 1. The number of halogens is 1. The molecular formula is C19H20ClN4O5+. The fraction of sp³-hybridized carbons (Fsp3) is 0.421. The predicted octanol–water partition coefficient (Wildman–Crippen LogP) is -0.458. The highest BCUT2D eigenvalue weighted by atomic mass is 35.5. The van der Waals surface area contributed by atoms with E-state index in [0.717, 1.165) is 4.90 Å². The standard InChI is InChI=1S/C19H19ClN4O5/c1-8(2)7-11-12-13(19(23-11)16(27)21-18(29)22-17(19)28)15(26)24(14(12)25)10-5-3-9(20)4-6-10/h3-6,8,11-13,23H,7H2,1-2H3,(H2,21,22,27,28,29)/p+1/t11-,12+,13+/m1/s1. The number of anilines is 1. The minimum atomic E-state index is -1.90. The minimum absolute atomic E-state index is 0.163. The number of quaternary nitrogens is 1. The number of hydrogen-bond acceptors (Lipinski definition) is 5. The van der Waals surface area contributed by atoms with Crippen molar-refractivity contribution in [2.75, 3.05) is 4.90 Å². The number of barbiturate groups is 1. The second-order valence-electron chi connectivity index (χ2n) is 8.06. The summed E-state index contributed by atoms with van der Waals surface area (Å²) < 4.78 is 0. The minimum Gasteiger partial charge on any atom is -0.322 e. The molecule has 0 unspecified atom stereocenters. The van der Waals surface area contributed by atoms with Crippen LogP contribution in [0.2, 0.25) is 5.02 Å². The molecule has 9 nitrogen and oxygen atoms in total. The van der Waals surface area contributed by atoms with Gasteiger partial charge in [0, 0.05) is 11.4 Å². The van der Waals surface area contributed by atoms with E-state index in [9.17, 15) is 24.0 Å². The molecule has 0 radical (unpaired) electrons. The van der Waals surface area contributed by atoms with Gasteiger partial charge in [0.15, 0.2) is 0 Å². The molecular weight excluding hydrogens is 400 g/mol. The first kappa shape index (κ1) is 19.5. The fourth-order valence-corrected chi connectivity index (χ4v) is 4.86. The number of nitrogens with one attached hydrogen (secondary N) is 2. The van der Waals surface area contributed by atoms with Crippen molar-refractivity contribution in [2.45, 2.75) is 31.8 Å². The zero-order valence-electron chi connectivity index (χ0n) is 15.8. The van der Waals surface area contributed by atoms with Gasteiger partial charge in [-0.05, 0) is 30.2 Å². The Hall–Kier alpha value is -2.78. The van der Waals surface area contributed by atoms with Gasteiger partial charge in [-0.25, -0.2) is 9.69 Å². The van der Waals surface area contributed by atoms with Gasteiger partial charge in [-0.15, -0.1) is 0 Å². The predicted molar refractivity (Wildman–Crippen MR) is 101 cm³/mol. The molecule has 3 saturated heterocycles. The fourth-order valence-electron chi connectivity index (χ4n) is 4.73. The number of hydrogen-bond donors (Lipinski definition) is 3. The smallest absolute Gasteiger partial charge is 0.322 e. The molecule has 1 aromatic rings. The molecule has 4 rings (SSSR count). The molecule has 3 heterocycles. The molecule has 0 aliphatic carbocycles. The van der Waals surface area contributed by atoms with Crippen LogP contribution in [0.5, 0.6) is 0 Å². The first-order valence-electron chi connectivity index (χ1n) is 9.33. The van der Waals surface area contributed by atoms with Gasteiger partial charge in [-0.1, -0.05) is 25.4 Å². The SMILES string of the molecule is CC(C)C[C@H]1[NH2+]C2(C(=O)NC(=O)NC2=O)[C@@H]2C(=O)N(c3ccc(Cl)cc3)C(=O)[C@H]21. The number of carbonyl (C=O) groups is 5. The molecule has 4 N–H and O–H groups in total. The summed E-state index contributed by atoms with van der Waals surface area (Å²) >= 11 is 5.90. The van der Waals surface area contributed by atoms with E-state index in [-0.39, 0.29) is 5.92 Å². The van der Waals surface area contributed by atoms with E-state index in [0.29, 0.717) is 17.1 Å². The van der Waals surface area contributed by atoms with Crippen LogP contribution in [-0.4, -0.2) is 41.2 Å². The Labute approximate surface area is 171 Å². The van der Waals surface area contributed by atoms with Crippen LogP contribution in [0.15, 0.2) is 24.3 Å². The lowest BCUT2D eigenvalue weighted by Gasteiger charge is -2.31. The largest absolute Gasteiger partial charge is 0.328 e. The van der Waals surface area contributed by atoms with Crippen LogP contribution in [0, 0.1) is 17.8 Å². The lowest BCUT2D eigenvalue weighted by atomic mass is 9.77. The number of urea groups is 1. The van der Waals surface area contributed by atoms with Gasteiger partial charge in [-0.2, -0.15) is 0 Å². The van der Waals surface area contributed by atoms with Gasteiger partial charge < -0.3 is 5.32 Å². The van der Waals surface area contributed by atoms with Crippen molar-refractivity contribution in [3.63, 3.8) is 0 Å². The molecule has 10 heteroatoms. The van der Waals surface area contributed by atoms with E-state index in [1.807, 2.05) is 13.8 Å². The molecule has 1 aromatic carbocycles. The Bertz CT molecular complexity index is 924. The van der Waals surface area contributed by atoms with Crippen molar-refractivity contribution < 1.29 is 29.3 Å². The number of rotatable bonds is 3. The van der Waals surface area contributed by atoms with E-state index in [1.165, 1.54) is 17.4 Å². The maximum absolute atomic E-state index is 13.4. The van der Waals surface area contributed by atoms with E-state index < -0.39 is 53.1 Å². The second kappa shape index (κ2) is 6.64. The Morgan fingerprint density at radius 2 is 1.62 bits per heavy atom. The van der Waals surface area contributed by atoms with Gasteiger partial charge in [0.05, 0.1) is 5.69 Å². The molecule has 0 aromatic heterocycles. The zero-order chi connectivity index (χ0) is 21.1. The summed E-state index contributed by atoms with van der Waals surface area (Å²) in [6.45, 7) is 3.91. The monoisotopic (exact) mass is 419 g/mol. The average molecular weight is 420 g/mol. The van der Waals surface area contributed by atoms with Crippen molar-refractivity contribution in [1.82, 2.24) is 10.6 Å². The van der Waals surface area contributed by atoms with Gasteiger partial charge in [-0.3, -0.25) is 29.8 Å². The van der Waals surface area contributed by atoms with Gasteiger partial charge in [0.25, 0.3) is 17.4 Å². The average Bonchev–Trinajstić information content (AvgIpc) is 3.09. The summed E-state index contributed by atoms with van der Waals surface area (Å²) in [7, 11) is 0. The van der Waals surface area contributed by atoms with Crippen LogP contribution < -0.4 is 20.9 Å². The second-order valence-corrected chi connectivity index (χ2v) is 8.49. The summed E-state index contributed by atoms with van der Waals surface area (Å²) in [5.74, 6) is -4.73. The third-order valence-corrected chi connectivity index (χ3v) is 6.07. The van der Waals surface area contributed by atoms with Crippen molar-refractivity contribution in [3.8, 4) is 0 Å². The quantitative estimate of drug-likeness (QED) is 0.451. The molecule has 0 saturated carbocycles. The lowest BCUT2D eigenvalue weighted by molar-refractivity contribution is -0.714. The maximum atomic E-state index is 13.4. The Balaban J connectivity index is 1.82. The number of fused-ring (bicyclic) bond motifs is 2. The molecule has 3 aliphatic heterocycles. The molecule has 0 bridgehead atoms. The van der Waals surface area contributed by atoms with Crippen LogP contribution >= 0.6 is 11.6 Å². The Morgan fingerprint density at radius 3 is 2.17 bits per heavy atom. The number of nitrogens with zero attached hydrogens (tertiary/aromatic N) is 1. The van der Waals surface area contributed by atoms with Crippen molar-refractivity contribution in [1.29, 1.82) is 0 Å². The third-order valence-electron chi connectivity index (χ3n) is 5.81. The van der Waals surface area contributed by atoms with Crippen molar-refractivity contribution >= 4 is 46.9 Å². The summed E-state index contributed by atoms with van der Waals surface area (Å²) in [6.07, 6.45) is 0.519. The zero-order valence-corrected chi connectivity index (χ0v) is 16.5. The Morgan fingerprint density at radius 1 is 1.03 bits per heavy atom. The van der Waals surface area contributed by atoms with E-state index in [2.05, 4.69) is 10.6 Å². The number of nitrogens with two attached hydrogens (primary N) is 1. The first-order chi connectivity index (χ1) is 13.7. The molecule has 1 spiro atoms. The molecule has 152 valence electrons. The number of imide groups is 3. The topological polar surface area (TPSA) is 129 Å². The molecule has 3 fully saturated rings. The van der Waals surface area contributed by atoms with E-state index >= 15 is 0 Å². The molecule has 29 heavy (non-hydrogen) atoms. The summed E-state index contributed by atoms with van der Waals surface area (Å²) in [6, 6.07) is 4.79. The van der Waals surface area contributed by atoms with Crippen LogP contribution in [-0.2, 0) is 19.2 Å². The molecule has 3 atom stereocenters. The van der Waals surface area contributed by atoms with Gasteiger partial charge in [0.2, 0.25) is 11.8 Å². The summed E-state index contributed by atoms with van der Waals surface area (Å²) in [5.41, 5.74) is -1.57. The van der Waals surface area contributed by atoms with Crippen LogP contribution in [0.4, 0.5) is 10.5 Å². The molecule has 3 aliphatic rings. The van der Waals surface area contributed by atoms with Crippen molar-refractivity contribution in [2.24, 2.45) is 17.8 Å². The van der Waals surface area contributed by atoms with Gasteiger partial charge in [0.1, 0.15) is 17.9 Å². The van der Waals surface area contributed by atoms with Crippen molar-refractivity contribution in [3.05, 3.63) is 29.3 Å². The highest BCUT2D eigenvalue weighted by Gasteiger charge is 2.76. The number of amides is 6. The van der Waals surface area contributed by atoms with Crippen LogP contribution in [0.3, 0.4) is 0 Å². The van der Waals surface area contributed by atoms with E-state index in [1.54, 1.807) is 12.1 Å². The van der Waals surface area contributed by atoms with Gasteiger partial charge >= 0.3 is 6.03 Å². The maximum Gasteiger partial charge on any atom is 0.328 e. The highest BCUT2D eigenvalue weighted by Crippen LogP contribution is 2.43. The Kier molecular flexibility index (Phi) is 4.47. The van der Waals surface area contributed by atoms with Crippen LogP contribution in [0.25, 0.3) is 0 Å². The highest BCUT2D eigenvalue weighted by molar-refractivity contribution is 6.31. The third kappa shape index (κ3) is 2.76. The van der Waals surface area contributed by atoms with Crippen LogP contribution in [0.1, 0.15) is 20.3 Å². The summed E-state index contributed by atoms with van der Waals surface area (Å²) in [5, 5.41) is 6.11. The van der Waals surface area contributed by atoms with E-state index in [4.69, 9.17) is 11.6 Å². The molecule has 6 amide bonds. The normalized spacial score (nSPS) is 28.2.